The van der Waals surface area contributed by atoms with Crippen LogP contribution in [0.5, 0.6) is 0 Å². The van der Waals surface area contributed by atoms with Crippen LogP contribution in [-0.4, -0.2) is 9.97 Å². The first-order valence-electron chi connectivity index (χ1n) is 5.14. The van der Waals surface area contributed by atoms with E-state index in [1.165, 1.54) is 0 Å². The molecule has 0 fully saturated rings. The lowest BCUT2D eigenvalue weighted by atomic mass is 10.4. The van der Waals surface area contributed by atoms with Crippen LogP contribution < -0.4 is 0 Å². The molecule has 0 unspecified atom stereocenters. The van der Waals surface area contributed by atoms with Crippen LogP contribution in [-0.2, 0) is 6.42 Å². The van der Waals surface area contributed by atoms with Gasteiger partial charge in [-0.25, -0.2) is 9.97 Å². The zero-order valence-corrected chi connectivity index (χ0v) is 11.5. The van der Waals surface area contributed by atoms with Gasteiger partial charge in [0.05, 0.1) is 0 Å². The Bertz CT molecular complexity index is 514. The first-order chi connectivity index (χ1) is 8.17. The van der Waals surface area contributed by atoms with E-state index in [9.17, 15) is 0 Å². The van der Waals surface area contributed by atoms with Crippen LogP contribution in [0.3, 0.4) is 0 Å². The van der Waals surface area contributed by atoms with Crippen molar-refractivity contribution in [1.29, 1.82) is 0 Å². The molecule has 88 valence electrons. The molecule has 2 aromatic rings. The molecule has 1 aromatic carbocycles. The molecule has 2 nitrogen and oxygen atoms in total. The third kappa shape index (κ3) is 3.60. The predicted octanol–water partition coefficient (Wildman–Crippen LogP) is 4.50. The summed E-state index contributed by atoms with van der Waals surface area (Å²) in [6.45, 7) is 2.00. The summed E-state index contributed by atoms with van der Waals surface area (Å²) in [7, 11) is 0. The van der Waals surface area contributed by atoms with Crippen molar-refractivity contribution in [3.05, 3.63) is 46.3 Å². The first kappa shape index (κ1) is 12.7. The predicted molar refractivity (Wildman–Crippen MR) is 72.0 cm³/mol. The Balaban J connectivity index is 2.23. The van der Waals surface area contributed by atoms with Crippen molar-refractivity contribution in [2.75, 3.05) is 0 Å². The standard InChI is InChI=1S/C12H10Cl2N2S/c1-2-11-15-10(14)7-12(16-11)17-9-5-3-8(13)4-6-9/h3-7H,2H2,1H3. The normalized spacial score (nSPS) is 10.5. The fraction of sp³-hybridized carbons (Fsp3) is 0.167. The van der Waals surface area contributed by atoms with E-state index in [1.54, 1.807) is 17.8 Å². The second-order valence-corrected chi connectivity index (χ2v) is 5.27. The van der Waals surface area contributed by atoms with Gasteiger partial charge < -0.3 is 0 Å². The summed E-state index contributed by atoms with van der Waals surface area (Å²) in [5, 5.41) is 2.06. The van der Waals surface area contributed by atoms with Gasteiger partial charge in [0.1, 0.15) is 16.0 Å². The molecule has 0 radical (unpaired) electrons. The highest BCUT2D eigenvalue weighted by atomic mass is 35.5. The van der Waals surface area contributed by atoms with Crippen molar-refractivity contribution in [2.45, 2.75) is 23.3 Å². The Morgan fingerprint density at radius 2 is 1.82 bits per heavy atom. The summed E-state index contributed by atoms with van der Waals surface area (Å²) in [5.74, 6) is 0.758. The number of hydrogen-bond acceptors (Lipinski definition) is 3. The molecule has 0 saturated carbocycles. The lowest BCUT2D eigenvalue weighted by Crippen LogP contribution is -1.94. The van der Waals surface area contributed by atoms with E-state index in [4.69, 9.17) is 23.2 Å². The molecule has 1 heterocycles. The Kier molecular flexibility index (Phi) is 4.26. The second-order valence-electron chi connectivity index (χ2n) is 3.35. The summed E-state index contributed by atoms with van der Waals surface area (Å²) in [5.41, 5.74) is 0. The van der Waals surface area contributed by atoms with Crippen LogP contribution in [0.4, 0.5) is 0 Å². The minimum absolute atomic E-state index is 0.480. The summed E-state index contributed by atoms with van der Waals surface area (Å²) in [6, 6.07) is 9.38. The summed E-state index contributed by atoms with van der Waals surface area (Å²) in [4.78, 5) is 9.61. The number of rotatable bonds is 3. The maximum atomic E-state index is 5.93. The number of nitrogens with zero attached hydrogens (tertiary/aromatic N) is 2. The molecule has 0 aliphatic carbocycles. The largest absolute Gasteiger partial charge is 0.226 e. The number of hydrogen-bond donors (Lipinski definition) is 0. The Morgan fingerprint density at radius 3 is 2.47 bits per heavy atom. The average molecular weight is 285 g/mol. The van der Waals surface area contributed by atoms with Crippen LogP contribution in [0.2, 0.25) is 10.2 Å². The molecule has 1 aromatic heterocycles. The number of aryl methyl sites for hydroxylation is 1. The van der Waals surface area contributed by atoms with Gasteiger partial charge in [0.25, 0.3) is 0 Å². The third-order valence-corrected chi connectivity index (χ3v) is 3.44. The average Bonchev–Trinajstić information content (AvgIpc) is 2.31. The van der Waals surface area contributed by atoms with Gasteiger partial charge in [-0.1, -0.05) is 41.9 Å². The molecule has 0 aliphatic heterocycles. The highest BCUT2D eigenvalue weighted by Gasteiger charge is 2.04. The molecular formula is C12H10Cl2N2S. The summed E-state index contributed by atoms with van der Waals surface area (Å²) in [6.07, 6.45) is 0.773. The molecule has 17 heavy (non-hydrogen) atoms. The monoisotopic (exact) mass is 284 g/mol. The lowest BCUT2D eigenvalue weighted by molar-refractivity contribution is 0.889. The van der Waals surface area contributed by atoms with Gasteiger partial charge in [-0.3, -0.25) is 0 Å². The SMILES string of the molecule is CCc1nc(Cl)cc(Sc2ccc(Cl)cc2)n1. The quantitative estimate of drug-likeness (QED) is 0.777. The van der Waals surface area contributed by atoms with Crippen LogP contribution in [0.25, 0.3) is 0 Å². The van der Waals surface area contributed by atoms with Gasteiger partial charge in [0, 0.05) is 22.4 Å². The van der Waals surface area contributed by atoms with E-state index >= 15 is 0 Å². The molecule has 0 bridgehead atoms. The number of halogens is 2. The van der Waals surface area contributed by atoms with Gasteiger partial charge in [-0.15, -0.1) is 0 Å². The Labute approximate surface area is 114 Å². The third-order valence-electron chi connectivity index (χ3n) is 2.07. The summed E-state index contributed by atoms with van der Waals surface area (Å²) < 4.78 is 0. The van der Waals surface area contributed by atoms with E-state index in [2.05, 4.69) is 9.97 Å². The van der Waals surface area contributed by atoms with E-state index in [-0.39, 0.29) is 0 Å². The number of benzene rings is 1. The van der Waals surface area contributed by atoms with Gasteiger partial charge in [-0.2, -0.15) is 0 Å². The topological polar surface area (TPSA) is 25.8 Å². The van der Waals surface area contributed by atoms with Crippen molar-refractivity contribution >= 4 is 35.0 Å². The van der Waals surface area contributed by atoms with Crippen molar-refractivity contribution in [3.8, 4) is 0 Å². The smallest absolute Gasteiger partial charge is 0.133 e. The second kappa shape index (κ2) is 5.71. The molecule has 2 rings (SSSR count). The fourth-order valence-corrected chi connectivity index (χ4v) is 2.50. The summed E-state index contributed by atoms with van der Waals surface area (Å²) >= 11 is 13.3. The van der Waals surface area contributed by atoms with Crippen molar-refractivity contribution in [1.82, 2.24) is 9.97 Å². The maximum absolute atomic E-state index is 5.93. The van der Waals surface area contributed by atoms with Crippen LogP contribution in [0.1, 0.15) is 12.7 Å². The highest BCUT2D eigenvalue weighted by Crippen LogP contribution is 2.28. The minimum Gasteiger partial charge on any atom is -0.226 e. The molecule has 5 heteroatoms. The minimum atomic E-state index is 0.480. The molecule has 0 N–H and O–H groups in total. The molecule has 0 saturated heterocycles. The molecule has 0 atom stereocenters. The van der Waals surface area contributed by atoms with Crippen molar-refractivity contribution in [3.63, 3.8) is 0 Å². The van der Waals surface area contributed by atoms with Crippen LogP contribution in [0.15, 0.2) is 40.3 Å². The number of aromatic nitrogens is 2. The van der Waals surface area contributed by atoms with Gasteiger partial charge in [0.15, 0.2) is 0 Å². The highest BCUT2D eigenvalue weighted by molar-refractivity contribution is 7.99. The van der Waals surface area contributed by atoms with Gasteiger partial charge in [0.2, 0.25) is 0 Å². The van der Waals surface area contributed by atoms with Crippen LogP contribution in [0, 0.1) is 0 Å². The first-order valence-corrected chi connectivity index (χ1v) is 6.71. The van der Waals surface area contributed by atoms with Crippen molar-refractivity contribution < 1.29 is 0 Å². The molecule has 0 spiro atoms. The zero-order valence-electron chi connectivity index (χ0n) is 9.15. The fourth-order valence-electron chi connectivity index (χ4n) is 1.28. The molecule has 0 amide bonds. The van der Waals surface area contributed by atoms with E-state index in [1.807, 2.05) is 31.2 Å². The maximum Gasteiger partial charge on any atom is 0.133 e. The van der Waals surface area contributed by atoms with Crippen molar-refractivity contribution in [2.24, 2.45) is 0 Å². The van der Waals surface area contributed by atoms with Crippen LogP contribution >= 0.6 is 35.0 Å². The van der Waals surface area contributed by atoms with Gasteiger partial charge in [-0.05, 0) is 24.3 Å². The van der Waals surface area contributed by atoms with E-state index in [0.717, 1.165) is 27.2 Å². The lowest BCUT2D eigenvalue weighted by Gasteiger charge is -2.03. The van der Waals surface area contributed by atoms with Gasteiger partial charge >= 0.3 is 0 Å². The molecular weight excluding hydrogens is 275 g/mol. The zero-order chi connectivity index (χ0) is 12.3. The molecule has 0 aliphatic rings. The van der Waals surface area contributed by atoms with E-state index < -0.39 is 0 Å². The Hall–Kier alpha value is -0.770. The van der Waals surface area contributed by atoms with E-state index in [0.29, 0.717) is 5.15 Å². The Morgan fingerprint density at radius 1 is 1.12 bits per heavy atom.